The lowest BCUT2D eigenvalue weighted by molar-refractivity contribution is -0.384. The Bertz CT molecular complexity index is 636. The number of carboxylic acids is 1. The number of aliphatic carboxylic acids is 1. The Balaban J connectivity index is 3.19. The molecule has 0 bridgehead atoms. The van der Waals surface area contributed by atoms with Gasteiger partial charge in [0, 0.05) is 6.07 Å². The molecule has 0 aliphatic rings. The lowest BCUT2D eigenvalue weighted by Gasteiger charge is -2.19. The molecule has 0 saturated carbocycles. The second kappa shape index (κ2) is 5.04. The summed E-state index contributed by atoms with van der Waals surface area (Å²) in [5, 5.41) is 19.4. The summed E-state index contributed by atoms with van der Waals surface area (Å²) < 4.78 is 25.0. The zero-order chi connectivity index (χ0) is 15.0. The van der Waals surface area contributed by atoms with Crippen LogP contribution in [-0.4, -0.2) is 30.0 Å². The van der Waals surface area contributed by atoms with E-state index in [2.05, 4.69) is 0 Å². The Morgan fingerprint density at radius 1 is 1.58 bits per heavy atom. The smallest absolute Gasteiger partial charge is 0.324 e. The highest BCUT2D eigenvalue weighted by Gasteiger charge is 2.35. The molecule has 19 heavy (non-hydrogen) atoms. The predicted octanol–water partition coefficient (Wildman–Crippen LogP) is 1.45. The third-order valence-electron chi connectivity index (χ3n) is 2.03. The fourth-order valence-electron chi connectivity index (χ4n) is 1.03. The highest BCUT2D eigenvalue weighted by atomic mass is 35.5. The maximum atomic E-state index is 11.9. The molecule has 11 heteroatoms. The van der Waals surface area contributed by atoms with Crippen LogP contribution >= 0.6 is 22.9 Å². The number of hydrogen-bond acceptors (Lipinski definition) is 6. The second-order valence-corrected chi connectivity index (χ2v) is 7.58. The standard InChI is InChI=1S/C8H9ClN2O6S2/c1-8(2,7(12)13)10-19(16,17)5-3-4(11(14)15)6(9)18-5/h3,10H,1-2H3,(H,12,13). The van der Waals surface area contributed by atoms with Gasteiger partial charge in [-0.05, 0) is 13.8 Å². The maximum Gasteiger partial charge on any atom is 0.324 e. The lowest BCUT2D eigenvalue weighted by atomic mass is 10.1. The summed E-state index contributed by atoms with van der Waals surface area (Å²) in [5.74, 6) is -1.38. The molecule has 0 aromatic carbocycles. The minimum absolute atomic E-state index is 0.293. The summed E-state index contributed by atoms with van der Waals surface area (Å²) in [6.45, 7) is 2.30. The van der Waals surface area contributed by atoms with Gasteiger partial charge in [0.05, 0.1) is 4.92 Å². The maximum absolute atomic E-state index is 11.9. The first-order chi connectivity index (χ1) is 8.47. The highest BCUT2D eigenvalue weighted by Crippen LogP contribution is 2.36. The number of hydrogen-bond donors (Lipinski definition) is 2. The first-order valence-electron chi connectivity index (χ1n) is 4.68. The quantitative estimate of drug-likeness (QED) is 0.622. The van der Waals surface area contributed by atoms with E-state index in [-0.39, 0.29) is 4.34 Å². The van der Waals surface area contributed by atoms with Crippen molar-refractivity contribution in [3.05, 3.63) is 20.5 Å². The lowest BCUT2D eigenvalue weighted by Crippen LogP contribution is -2.49. The van der Waals surface area contributed by atoms with Gasteiger partial charge in [-0.2, -0.15) is 4.72 Å². The van der Waals surface area contributed by atoms with E-state index in [1.165, 1.54) is 0 Å². The zero-order valence-corrected chi connectivity index (χ0v) is 12.1. The van der Waals surface area contributed by atoms with Gasteiger partial charge < -0.3 is 5.11 Å². The first-order valence-corrected chi connectivity index (χ1v) is 7.36. The number of carboxylic acid groups (broad SMARTS) is 1. The average Bonchev–Trinajstić information content (AvgIpc) is 2.59. The molecule has 8 nitrogen and oxygen atoms in total. The zero-order valence-electron chi connectivity index (χ0n) is 9.71. The van der Waals surface area contributed by atoms with E-state index in [9.17, 15) is 23.3 Å². The molecule has 106 valence electrons. The van der Waals surface area contributed by atoms with E-state index < -0.39 is 36.4 Å². The van der Waals surface area contributed by atoms with Crippen LogP contribution in [0.5, 0.6) is 0 Å². The van der Waals surface area contributed by atoms with E-state index in [1.54, 1.807) is 0 Å². The number of nitro groups is 1. The Labute approximate surface area is 117 Å². The van der Waals surface area contributed by atoms with Gasteiger partial charge in [-0.1, -0.05) is 11.6 Å². The van der Waals surface area contributed by atoms with Crippen molar-refractivity contribution in [3.63, 3.8) is 0 Å². The molecule has 1 heterocycles. The predicted molar refractivity (Wildman–Crippen MR) is 68.0 cm³/mol. The van der Waals surface area contributed by atoms with Crippen LogP contribution in [0.1, 0.15) is 13.8 Å². The van der Waals surface area contributed by atoms with Crippen molar-refractivity contribution < 1.29 is 23.2 Å². The van der Waals surface area contributed by atoms with E-state index in [1.807, 2.05) is 4.72 Å². The normalized spacial score (nSPS) is 12.4. The van der Waals surface area contributed by atoms with Crippen molar-refractivity contribution in [2.45, 2.75) is 23.6 Å². The van der Waals surface area contributed by atoms with E-state index >= 15 is 0 Å². The van der Waals surface area contributed by atoms with Crippen molar-refractivity contribution in [1.82, 2.24) is 4.72 Å². The van der Waals surface area contributed by atoms with Crippen molar-refractivity contribution >= 4 is 44.6 Å². The van der Waals surface area contributed by atoms with Crippen LogP contribution < -0.4 is 4.72 Å². The number of sulfonamides is 1. The minimum atomic E-state index is -4.20. The summed E-state index contributed by atoms with van der Waals surface area (Å²) in [6, 6.07) is 0.785. The molecule has 0 aliphatic heterocycles. The molecule has 0 aliphatic carbocycles. The van der Waals surface area contributed by atoms with Crippen LogP contribution in [-0.2, 0) is 14.8 Å². The van der Waals surface area contributed by atoms with E-state index in [0.717, 1.165) is 19.9 Å². The molecular weight excluding hydrogens is 320 g/mol. The van der Waals surface area contributed by atoms with E-state index in [0.29, 0.717) is 11.3 Å². The fraction of sp³-hybridized carbons (Fsp3) is 0.375. The van der Waals surface area contributed by atoms with Crippen molar-refractivity contribution in [1.29, 1.82) is 0 Å². The van der Waals surface area contributed by atoms with Crippen molar-refractivity contribution in [3.8, 4) is 0 Å². The third-order valence-corrected chi connectivity index (χ3v) is 5.50. The van der Waals surface area contributed by atoms with Gasteiger partial charge >= 0.3 is 5.97 Å². The molecule has 1 aromatic heterocycles. The number of carbonyl (C=O) groups is 1. The van der Waals surface area contributed by atoms with Crippen LogP contribution in [0.3, 0.4) is 0 Å². The van der Waals surface area contributed by atoms with Crippen LogP contribution in [0.4, 0.5) is 5.69 Å². The first kappa shape index (κ1) is 15.8. The van der Waals surface area contributed by atoms with Gasteiger partial charge in [0.25, 0.3) is 15.7 Å². The SMILES string of the molecule is CC(C)(NS(=O)(=O)c1cc([N+](=O)[O-])c(Cl)s1)C(=O)O. The summed E-state index contributed by atoms with van der Waals surface area (Å²) in [6.07, 6.45) is 0. The van der Waals surface area contributed by atoms with Crippen LogP contribution in [0.25, 0.3) is 0 Å². The van der Waals surface area contributed by atoms with Gasteiger partial charge in [-0.3, -0.25) is 14.9 Å². The summed E-state index contributed by atoms with van der Waals surface area (Å²) in [7, 11) is -4.20. The summed E-state index contributed by atoms with van der Waals surface area (Å²) in [4.78, 5) is 20.6. The Hall–Kier alpha value is -1.23. The van der Waals surface area contributed by atoms with Crippen molar-refractivity contribution in [2.24, 2.45) is 0 Å². The average molecular weight is 329 g/mol. The number of rotatable bonds is 5. The largest absolute Gasteiger partial charge is 0.480 e. The van der Waals surface area contributed by atoms with Gasteiger partial charge in [0.1, 0.15) is 9.75 Å². The number of nitrogens with zero attached hydrogens (tertiary/aromatic N) is 1. The van der Waals surface area contributed by atoms with E-state index in [4.69, 9.17) is 16.7 Å². The molecular formula is C8H9ClN2O6S2. The molecule has 0 unspecified atom stereocenters. The van der Waals surface area contributed by atoms with Gasteiger partial charge in [-0.25, -0.2) is 8.42 Å². The minimum Gasteiger partial charge on any atom is -0.480 e. The molecule has 1 rings (SSSR count). The fourth-order valence-corrected chi connectivity index (χ4v) is 4.06. The van der Waals surface area contributed by atoms with Crippen molar-refractivity contribution in [2.75, 3.05) is 0 Å². The van der Waals surface area contributed by atoms with Crippen LogP contribution in [0, 0.1) is 10.1 Å². The Morgan fingerprint density at radius 2 is 2.11 bits per heavy atom. The Morgan fingerprint density at radius 3 is 2.47 bits per heavy atom. The second-order valence-electron chi connectivity index (χ2n) is 4.02. The number of halogens is 1. The molecule has 0 spiro atoms. The summed E-state index contributed by atoms with van der Waals surface area (Å²) >= 11 is 6.03. The van der Waals surface area contributed by atoms with Gasteiger partial charge in [0.15, 0.2) is 4.34 Å². The third kappa shape index (κ3) is 3.41. The molecule has 0 fully saturated rings. The van der Waals surface area contributed by atoms with Crippen LogP contribution in [0.15, 0.2) is 10.3 Å². The number of nitrogens with one attached hydrogen (secondary N) is 1. The molecule has 0 saturated heterocycles. The summed E-state index contributed by atoms with van der Waals surface area (Å²) in [5.41, 5.74) is -2.29. The molecule has 0 amide bonds. The van der Waals surface area contributed by atoms with Gasteiger partial charge in [0.2, 0.25) is 0 Å². The molecule has 0 atom stereocenters. The Kier molecular flexibility index (Phi) is 4.20. The number of thiophene rings is 1. The molecule has 0 radical (unpaired) electrons. The highest BCUT2D eigenvalue weighted by molar-refractivity contribution is 7.91. The van der Waals surface area contributed by atoms with Crippen LogP contribution in [0.2, 0.25) is 4.34 Å². The topological polar surface area (TPSA) is 127 Å². The molecule has 1 aromatic rings. The van der Waals surface area contributed by atoms with Gasteiger partial charge in [-0.15, -0.1) is 11.3 Å². The monoisotopic (exact) mass is 328 g/mol. The molecule has 2 N–H and O–H groups in total.